The summed E-state index contributed by atoms with van der Waals surface area (Å²) in [5, 5.41) is 0. The van der Waals surface area contributed by atoms with Crippen LogP contribution in [0, 0.1) is 13.8 Å². The molecule has 1 unspecified atom stereocenters. The monoisotopic (exact) mass is 299 g/mol. The zero-order chi connectivity index (χ0) is 15.4. The van der Waals surface area contributed by atoms with E-state index >= 15 is 0 Å². The molecule has 0 saturated heterocycles. The molecule has 0 aliphatic carbocycles. The van der Waals surface area contributed by atoms with Crippen molar-refractivity contribution < 1.29 is 0 Å². The molecule has 2 aromatic rings. The Kier molecular flexibility index (Phi) is 5.49. The highest BCUT2D eigenvalue weighted by atomic mass is 32.2. The van der Waals surface area contributed by atoms with Crippen LogP contribution in [0.3, 0.4) is 0 Å². The molecule has 21 heavy (non-hydrogen) atoms. The largest absolute Gasteiger partial charge is 0.323 e. The van der Waals surface area contributed by atoms with Crippen molar-refractivity contribution >= 4 is 11.8 Å². The van der Waals surface area contributed by atoms with Gasteiger partial charge in [-0.05, 0) is 54.2 Å². The van der Waals surface area contributed by atoms with E-state index in [1.54, 1.807) is 0 Å². The van der Waals surface area contributed by atoms with Gasteiger partial charge in [0.05, 0.1) is 0 Å². The fourth-order valence-electron chi connectivity index (χ4n) is 2.23. The molecular weight excluding hydrogens is 274 g/mol. The van der Waals surface area contributed by atoms with Crippen LogP contribution < -0.4 is 5.73 Å². The van der Waals surface area contributed by atoms with Gasteiger partial charge in [-0.2, -0.15) is 0 Å². The molecule has 0 fully saturated rings. The van der Waals surface area contributed by atoms with Crippen molar-refractivity contribution in [3.63, 3.8) is 0 Å². The molecule has 2 aromatic carbocycles. The van der Waals surface area contributed by atoms with Crippen molar-refractivity contribution in [1.29, 1.82) is 0 Å². The molecular formula is C19H25NS. The summed E-state index contributed by atoms with van der Waals surface area (Å²) in [6, 6.07) is 15.4. The normalized spacial score (nSPS) is 12.7. The van der Waals surface area contributed by atoms with Crippen molar-refractivity contribution in [1.82, 2.24) is 0 Å². The first-order valence-corrected chi connectivity index (χ1v) is 8.51. The maximum Gasteiger partial charge on any atom is 0.0390 e. The second kappa shape index (κ2) is 7.15. The van der Waals surface area contributed by atoms with Crippen LogP contribution in [0.15, 0.2) is 47.4 Å². The summed E-state index contributed by atoms with van der Waals surface area (Å²) in [7, 11) is 0. The molecule has 112 valence electrons. The van der Waals surface area contributed by atoms with Crippen LogP contribution in [0.5, 0.6) is 0 Å². The van der Waals surface area contributed by atoms with Gasteiger partial charge in [0.25, 0.3) is 0 Å². The van der Waals surface area contributed by atoms with Gasteiger partial charge in [-0.25, -0.2) is 0 Å². The van der Waals surface area contributed by atoms with Crippen LogP contribution in [-0.2, 0) is 0 Å². The van der Waals surface area contributed by atoms with Gasteiger partial charge in [-0.15, -0.1) is 11.8 Å². The summed E-state index contributed by atoms with van der Waals surface area (Å²) in [5.74, 6) is 1.49. The van der Waals surface area contributed by atoms with E-state index in [2.05, 4.69) is 70.2 Å². The van der Waals surface area contributed by atoms with Crippen LogP contribution in [-0.4, -0.2) is 5.75 Å². The van der Waals surface area contributed by atoms with E-state index in [0.29, 0.717) is 5.92 Å². The highest BCUT2D eigenvalue weighted by molar-refractivity contribution is 7.99. The van der Waals surface area contributed by atoms with E-state index in [1.807, 2.05) is 11.8 Å². The molecule has 0 aliphatic rings. The van der Waals surface area contributed by atoms with Crippen LogP contribution in [0.25, 0.3) is 0 Å². The highest BCUT2D eigenvalue weighted by Gasteiger charge is 2.08. The predicted molar refractivity (Wildman–Crippen MR) is 94.1 cm³/mol. The number of hydrogen-bond donors (Lipinski definition) is 1. The first-order chi connectivity index (χ1) is 9.97. The van der Waals surface area contributed by atoms with Crippen LogP contribution in [0.2, 0.25) is 0 Å². The van der Waals surface area contributed by atoms with Gasteiger partial charge in [0.2, 0.25) is 0 Å². The van der Waals surface area contributed by atoms with E-state index in [9.17, 15) is 0 Å². The summed E-state index contributed by atoms with van der Waals surface area (Å²) in [5.41, 5.74) is 11.6. The Morgan fingerprint density at radius 1 is 0.905 bits per heavy atom. The standard InChI is InChI=1S/C19H25NS/c1-13(2)16-7-9-18(10-8-16)21-12-19(20)17-6-5-14(3)15(4)11-17/h5-11,13,19H,12,20H2,1-4H3. The average molecular weight is 299 g/mol. The molecule has 1 nitrogen and oxygen atoms in total. The molecule has 0 aliphatic heterocycles. The van der Waals surface area contributed by atoms with Gasteiger partial charge < -0.3 is 5.73 Å². The molecule has 0 radical (unpaired) electrons. The smallest absolute Gasteiger partial charge is 0.0390 e. The zero-order valence-corrected chi connectivity index (χ0v) is 14.2. The summed E-state index contributed by atoms with van der Waals surface area (Å²) < 4.78 is 0. The zero-order valence-electron chi connectivity index (χ0n) is 13.4. The number of benzene rings is 2. The van der Waals surface area contributed by atoms with E-state index in [-0.39, 0.29) is 6.04 Å². The maximum absolute atomic E-state index is 6.32. The first kappa shape index (κ1) is 16.1. The van der Waals surface area contributed by atoms with Crippen LogP contribution >= 0.6 is 11.8 Å². The predicted octanol–water partition coefficient (Wildman–Crippen LogP) is 5.22. The van der Waals surface area contributed by atoms with Gasteiger partial charge in [-0.1, -0.05) is 44.2 Å². The van der Waals surface area contributed by atoms with E-state index < -0.39 is 0 Å². The fourth-order valence-corrected chi connectivity index (χ4v) is 3.12. The lowest BCUT2D eigenvalue weighted by atomic mass is 10.0. The first-order valence-electron chi connectivity index (χ1n) is 7.53. The Bertz CT molecular complexity index is 587. The molecule has 0 bridgehead atoms. The van der Waals surface area contributed by atoms with E-state index in [1.165, 1.54) is 27.1 Å². The van der Waals surface area contributed by atoms with Crippen molar-refractivity contribution in [2.45, 2.75) is 44.6 Å². The number of thioether (sulfide) groups is 1. The topological polar surface area (TPSA) is 26.0 Å². The molecule has 2 N–H and O–H groups in total. The Morgan fingerprint density at radius 3 is 2.10 bits per heavy atom. The summed E-state index contributed by atoms with van der Waals surface area (Å²) in [6.07, 6.45) is 0. The minimum absolute atomic E-state index is 0.0825. The van der Waals surface area contributed by atoms with Crippen molar-refractivity contribution in [2.75, 3.05) is 5.75 Å². The molecule has 0 saturated carbocycles. The van der Waals surface area contributed by atoms with Crippen molar-refractivity contribution in [3.8, 4) is 0 Å². The summed E-state index contributed by atoms with van der Waals surface area (Å²) >= 11 is 1.83. The molecule has 0 spiro atoms. The Balaban J connectivity index is 1.97. The van der Waals surface area contributed by atoms with Crippen molar-refractivity contribution in [2.24, 2.45) is 5.73 Å². The lowest BCUT2D eigenvalue weighted by molar-refractivity contribution is 0.829. The SMILES string of the molecule is Cc1ccc(C(N)CSc2ccc(C(C)C)cc2)cc1C. The van der Waals surface area contributed by atoms with Crippen molar-refractivity contribution in [3.05, 3.63) is 64.7 Å². The van der Waals surface area contributed by atoms with Gasteiger partial charge in [0.15, 0.2) is 0 Å². The lowest BCUT2D eigenvalue weighted by Gasteiger charge is -2.14. The number of nitrogens with two attached hydrogens (primary N) is 1. The lowest BCUT2D eigenvalue weighted by Crippen LogP contribution is -2.13. The molecule has 1 atom stereocenters. The van der Waals surface area contributed by atoms with Gasteiger partial charge in [0, 0.05) is 16.7 Å². The minimum Gasteiger partial charge on any atom is -0.323 e. The Morgan fingerprint density at radius 2 is 1.52 bits per heavy atom. The average Bonchev–Trinajstić information content (AvgIpc) is 2.48. The third-order valence-electron chi connectivity index (χ3n) is 3.94. The molecule has 0 heterocycles. The van der Waals surface area contributed by atoms with Gasteiger partial charge >= 0.3 is 0 Å². The third kappa shape index (κ3) is 4.36. The number of hydrogen-bond acceptors (Lipinski definition) is 2. The highest BCUT2D eigenvalue weighted by Crippen LogP contribution is 2.26. The second-order valence-electron chi connectivity index (χ2n) is 5.98. The van der Waals surface area contributed by atoms with Gasteiger partial charge in [0.1, 0.15) is 0 Å². The summed E-state index contributed by atoms with van der Waals surface area (Å²) in [6.45, 7) is 8.72. The third-order valence-corrected chi connectivity index (χ3v) is 5.07. The maximum atomic E-state index is 6.32. The minimum atomic E-state index is 0.0825. The fraction of sp³-hybridized carbons (Fsp3) is 0.368. The number of rotatable bonds is 5. The molecule has 0 aromatic heterocycles. The van der Waals surface area contributed by atoms with Crippen LogP contribution in [0.1, 0.15) is 48.1 Å². The van der Waals surface area contributed by atoms with Gasteiger partial charge in [-0.3, -0.25) is 0 Å². The second-order valence-corrected chi connectivity index (χ2v) is 7.08. The Hall–Kier alpha value is -1.25. The quantitative estimate of drug-likeness (QED) is 0.766. The number of aryl methyl sites for hydroxylation is 2. The van der Waals surface area contributed by atoms with E-state index in [0.717, 1.165) is 5.75 Å². The molecule has 2 heteroatoms. The van der Waals surface area contributed by atoms with Crippen LogP contribution in [0.4, 0.5) is 0 Å². The summed E-state index contributed by atoms with van der Waals surface area (Å²) in [4.78, 5) is 1.29. The molecule has 0 amide bonds. The van der Waals surface area contributed by atoms with E-state index in [4.69, 9.17) is 5.73 Å². The Labute approximate surface area is 133 Å². The molecule has 2 rings (SSSR count).